The van der Waals surface area contributed by atoms with E-state index in [-0.39, 0.29) is 24.1 Å². The molecule has 31 heavy (non-hydrogen) atoms. The van der Waals surface area contributed by atoms with Crippen molar-refractivity contribution < 1.29 is 19.1 Å². The Morgan fingerprint density at radius 1 is 1.23 bits per heavy atom. The molecule has 1 aliphatic heterocycles. The molecule has 172 valence electrons. The molecule has 0 fully saturated rings. The maximum atomic E-state index is 12.5. The Labute approximate surface area is 186 Å². The van der Waals surface area contributed by atoms with Gasteiger partial charge in [0, 0.05) is 25.7 Å². The first-order valence-electron chi connectivity index (χ1n) is 10.9. The molecule has 7 nitrogen and oxygen atoms in total. The lowest BCUT2D eigenvalue weighted by Gasteiger charge is -2.29. The van der Waals surface area contributed by atoms with Crippen LogP contribution in [0.5, 0.6) is 5.75 Å². The fourth-order valence-corrected chi connectivity index (χ4v) is 3.39. The summed E-state index contributed by atoms with van der Waals surface area (Å²) < 4.78 is 10.7. The fourth-order valence-electron chi connectivity index (χ4n) is 3.39. The van der Waals surface area contributed by atoms with Gasteiger partial charge >= 0.3 is 6.09 Å². The third kappa shape index (κ3) is 8.25. The first-order chi connectivity index (χ1) is 14.6. The Kier molecular flexibility index (Phi) is 8.92. The molecule has 7 heteroatoms. The average molecular weight is 432 g/mol. The largest absolute Gasteiger partial charge is 0.497 e. The number of carbonyl (C=O) groups is 2. The van der Waals surface area contributed by atoms with E-state index in [1.54, 1.807) is 12.0 Å². The van der Waals surface area contributed by atoms with E-state index in [1.165, 1.54) is 5.57 Å². The molecule has 1 aromatic carbocycles. The van der Waals surface area contributed by atoms with Crippen LogP contribution in [0.25, 0.3) is 0 Å². The molecule has 0 unspecified atom stereocenters. The van der Waals surface area contributed by atoms with Gasteiger partial charge in [-0.3, -0.25) is 10.1 Å². The summed E-state index contributed by atoms with van der Waals surface area (Å²) in [5.41, 5.74) is 1.84. The molecule has 0 saturated carbocycles. The van der Waals surface area contributed by atoms with Crippen LogP contribution in [0.2, 0.25) is 0 Å². The van der Waals surface area contributed by atoms with Crippen LogP contribution < -0.4 is 15.4 Å². The number of ether oxygens (including phenoxy) is 2. The highest BCUT2D eigenvalue weighted by Gasteiger charge is 2.23. The first-order valence-corrected chi connectivity index (χ1v) is 10.9. The first kappa shape index (κ1) is 24.7. The van der Waals surface area contributed by atoms with Gasteiger partial charge in [-0.2, -0.15) is 0 Å². The van der Waals surface area contributed by atoms with Crippen molar-refractivity contribution in [3.05, 3.63) is 41.5 Å². The van der Waals surface area contributed by atoms with Gasteiger partial charge in [-0.25, -0.2) is 4.79 Å². The van der Waals surface area contributed by atoms with Crippen molar-refractivity contribution in [1.82, 2.24) is 15.5 Å². The van der Waals surface area contributed by atoms with Gasteiger partial charge in [0.05, 0.1) is 13.2 Å². The highest BCUT2D eigenvalue weighted by Crippen LogP contribution is 2.19. The topological polar surface area (TPSA) is 79.9 Å². The summed E-state index contributed by atoms with van der Waals surface area (Å²) in [7, 11) is 1.64. The normalized spacial score (nSPS) is 16.2. The predicted molar refractivity (Wildman–Crippen MR) is 122 cm³/mol. The van der Waals surface area contributed by atoms with E-state index in [1.807, 2.05) is 58.9 Å². The minimum Gasteiger partial charge on any atom is -0.497 e. The summed E-state index contributed by atoms with van der Waals surface area (Å²) in [4.78, 5) is 26.3. The number of hydrogen-bond acceptors (Lipinski definition) is 5. The van der Waals surface area contributed by atoms with E-state index < -0.39 is 5.60 Å². The van der Waals surface area contributed by atoms with E-state index in [4.69, 9.17) is 9.47 Å². The second kappa shape index (κ2) is 11.2. The third-order valence-electron chi connectivity index (χ3n) is 5.19. The molecule has 0 saturated heterocycles. The minimum absolute atomic E-state index is 0.0238. The molecular formula is C24H37N3O4. The lowest BCUT2D eigenvalue weighted by atomic mass is 10.0. The molecule has 2 N–H and O–H groups in total. The van der Waals surface area contributed by atoms with Crippen molar-refractivity contribution in [3.63, 3.8) is 0 Å². The summed E-state index contributed by atoms with van der Waals surface area (Å²) >= 11 is 0. The highest BCUT2D eigenvalue weighted by atomic mass is 16.6. The third-order valence-corrected chi connectivity index (χ3v) is 5.19. The summed E-state index contributed by atoms with van der Waals surface area (Å²) in [6.45, 7) is 11.3. The molecule has 1 aliphatic rings. The van der Waals surface area contributed by atoms with Gasteiger partial charge in [0.25, 0.3) is 0 Å². The van der Waals surface area contributed by atoms with E-state index >= 15 is 0 Å². The number of hydrogen-bond donors (Lipinski definition) is 2. The molecule has 0 aromatic heterocycles. The summed E-state index contributed by atoms with van der Waals surface area (Å²) in [5.74, 6) is 0.774. The van der Waals surface area contributed by atoms with Crippen LogP contribution in [-0.4, -0.2) is 55.3 Å². The lowest BCUT2D eigenvalue weighted by molar-refractivity contribution is -0.122. The zero-order chi connectivity index (χ0) is 23.0. The SMILES string of the molecule is COc1cccc([C@H](C)N[C@@H](C)C(=O)NCCC2=CCN(C(=O)OC(C)(C)C)CC2)c1. The van der Waals surface area contributed by atoms with E-state index in [0.717, 1.165) is 24.2 Å². The fraction of sp³-hybridized carbons (Fsp3) is 0.583. The van der Waals surface area contributed by atoms with Gasteiger partial charge in [0.2, 0.25) is 5.91 Å². The molecule has 0 bridgehead atoms. The van der Waals surface area contributed by atoms with E-state index in [0.29, 0.717) is 19.6 Å². The molecule has 0 spiro atoms. The van der Waals surface area contributed by atoms with Crippen molar-refractivity contribution in [2.75, 3.05) is 26.7 Å². The maximum absolute atomic E-state index is 12.5. The van der Waals surface area contributed by atoms with Crippen LogP contribution in [-0.2, 0) is 9.53 Å². The quantitative estimate of drug-likeness (QED) is 0.612. The Morgan fingerprint density at radius 2 is 1.97 bits per heavy atom. The van der Waals surface area contributed by atoms with Crippen LogP contribution in [0.4, 0.5) is 4.79 Å². The van der Waals surface area contributed by atoms with Gasteiger partial charge < -0.3 is 19.7 Å². The Balaban J connectivity index is 1.73. The van der Waals surface area contributed by atoms with Gasteiger partial charge in [-0.05, 0) is 65.2 Å². The number of benzene rings is 1. The van der Waals surface area contributed by atoms with Crippen molar-refractivity contribution in [1.29, 1.82) is 0 Å². The molecule has 2 rings (SSSR count). The number of nitrogens with zero attached hydrogens (tertiary/aromatic N) is 1. The smallest absolute Gasteiger partial charge is 0.410 e. The molecule has 2 amide bonds. The van der Waals surface area contributed by atoms with Crippen LogP contribution in [0.3, 0.4) is 0 Å². The van der Waals surface area contributed by atoms with E-state index in [2.05, 4.69) is 16.7 Å². The van der Waals surface area contributed by atoms with Crippen molar-refractivity contribution in [3.8, 4) is 5.75 Å². The standard InChI is InChI=1S/C24H37N3O4/c1-17(20-8-7-9-21(16-20)30-6)26-18(2)22(28)25-13-10-19-11-14-27(15-12-19)23(29)31-24(3,4)5/h7-9,11,16-18,26H,10,12-15H2,1-6H3,(H,25,28)/t17-,18-/m0/s1. The maximum Gasteiger partial charge on any atom is 0.410 e. The monoisotopic (exact) mass is 431 g/mol. The van der Waals surface area contributed by atoms with Gasteiger partial charge in [-0.1, -0.05) is 23.8 Å². The second-order valence-electron chi connectivity index (χ2n) is 8.97. The highest BCUT2D eigenvalue weighted by molar-refractivity contribution is 5.81. The van der Waals surface area contributed by atoms with E-state index in [9.17, 15) is 9.59 Å². The van der Waals surface area contributed by atoms with Gasteiger partial charge in [0.15, 0.2) is 0 Å². The summed E-state index contributed by atoms with van der Waals surface area (Å²) in [5, 5.41) is 6.33. The Morgan fingerprint density at radius 3 is 2.58 bits per heavy atom. The summed E-state index contributed by atoms with van der Waals surface area (Å²) in [6.07, 6.45) is 3.37. The lowest BCUT2D eigenvalue weighted by Crippen LogP contribution is -2.43. The Bertz CT molecular complexity index is 785. The van der Waals surface area contributed by atoms with Crippen LogP contribution in [0, 0.1) is 0 Å². The molecule has 1 heterocycles. The van der Waals surface area contributed by atoms with Crippen LogP contribution in [0.15, 0.2) is 35.9 Å². The average Bonchev–Trinajstić information content (AvgIpc) is 2.72. The van der Waals surface area contributed by atoms with Crippen molar-refractivity contribution in [2.24, 2.45) is 0 Å². The zero-order valence-electron chi connectivity index (χ0n) is 19.7. The predicted octanol–water partition coefficient (Wildman–Crippen LogP) is 3.81. The van der Waals surface area contributed by atoms with Crippen molar-refractivity contribution >= 4 is 12.0 Å². The minimum atomic E-state index is -0.486. The summed E-state index contributed by atoms with van der Waals surface area (Å²) in [6, 6.07) is 7.54. The number of rotatable bonds is 8. The number of methoxy groups -OCH3 is 1. The molecule has 0 radical (unpaired) electrons. The number of carbonyl (C=O) groups excluding carboxylic acids is 2. The van der Waals surface area contributed by atoms with Crippen LogP contribution >= 0.6 is 0 Å². The van der Waals surface area contributed by atoms with Gasteiger partial charge in [0.1, 0.15) is 11.4 Å². The number of amides is 2. The van der Waals surface area contributed by atoms with Crippen molar-refractivity contribution in [2.45, 2.75) is 65.1 Å². The molecule has 2 atom stereocenters. The van der Waals surface area contributed by atoms with Gasteiger partial charge in [-0.15, -0.1) is 0 Å². The second-order valence-corrected chi connectivity index (χ2v) is 8.97. The molecule has 0 aliphatic carbocycles. The Hall–Kier alpha value is -2.54. The number of nitrogens with one attached hydrogen (secondary N) is 2. The molecular weight excluding hydrogens is 394 g/mol. The zero-order valence-corrected chi connectivity index (χ0v) is 19.7. The molecule has 1 aromatic rings. The van der Waals surface area contributed by atoms with Crippen LogP contribution in [0.1, 0.15) is 59.1 Å².